The number of carbonyl (C=O) groups excluding carboxylic acids is 1. The van der Waals surface area contributed by atoms with Gasteiger partial charge < -0.3 is 14.8 Å². The van der Waals surface area contributed by atoms with Crippen molar-refractivity contribution in [2.24, 2.45) is 0 Å². The van der Waals surface area contributed by atoms with Gasteiger partial charge in [-0.1, -0.05) is 23.7 Å². The first-order chi connectivity index (χ1) is 16.1. The lowest BCUT2D eigenvalue weighted by molar-refractivity contribution is 0.0954. The molecule has 9 heteroatoms. The first-order valence-electron chi connectivity index (χ1n) is 10.2. The Balaban J connectivity index is 1.65. The van der Waals surface area contributed by atoms with Gasteiger partial charge in [-0.15, -0.1) is 5.10 Å². The fourth-order valence-corrected chi connectivity index (χ4v) is 3.68. The molecule has 0 saturated heterocycles. The van der Waals surface area contributed by atoms with Crippen molar-refractivity contribution in [2.75, 3.05) is 20.8 Å². The van der Waals surface area contributed by atoms with Gasteiger partial charge in [-0.2, -0.15) is 0 Å². The lowest BCUT2D eigenvalue weighted by atomic mass is 10.00. The van der Waals surface area contributed by atoms with E-state index < -0.39 is 0 Å². The van der Waals surface area contributed by atoms with Crippen LogP contribution < -0.4 is 14.8 Å². The number of benzene rings is 3. The highest BCUT2D eigenvalue weighted by Gasteiger charge is 2.15. The minimum absolute atomic E-state index is 0.213. The number of ether oxygens (including phenoxy) is 2. The van der Waals surface area contributed by atoms with Crippen LogP contribution >= 0.6 is 11.6 Å². The standard InChI is InChI=1S/C24H22ClN5O3/c1-32-21-6-7-23(33-2)22(14-21)17-11-18(13-20(12-17)30-15-27-28-29-30)24(31)26-9-8-16-4-3-5-19(25)10-16/h3-7,10-15H,8-9H2,1-2H3,(H,26,31). The average Bonchev–Trinajstić information content (AvgIpc) is 3.38. The maximum atomic E-state index is 13.0. The van der Waals surface area contributed by atoms with E-state index in [9.17, 15) is 4.79 Å². The van der Waals surface area contributed by atoms with Crippen LogP contribution in [-0.4, -0.2) is 46.9 Å². The molecule has 0 radical (unpaired) electrons. The Morgan fingerprint density at radius 2 is 1.94 bits per heavy atom. The molecule has 1 N–H and O–H groups in total. The molecule has 4 rings (SSSR count). The van der Waals surface area contributed by atoms with Gasteiger partial charge in [0, 0.05) is 22.7 Å². The van der Waals surface area contributed by atoms with Gasteiger partial charge in [0.25, 0.3) is 5.91 Å². The Bertz CT molecular complexity index is 1260. The van der Waals surface area contributed by atoms with Crippen LogP contribution in [0.3, 0.4) is 0 Å². The quantitative estimate of drug-likeness (QED) is 0.425. The predicted molar refractivity (Wildman–Crippen MR) is 125 cm³/mol. The number of aromatic nitrogens is 4. The third-order valence-corrected chi connectivity index (χ3v) is 5.33. The highest BCUT2D eigenvalue weighted by molar-refractivity contribution is 6.30. The van der Waals surface area contributed by atoms with Crippen LogP contribution in [0.15, 0.2) is 67.0 Å². The van der Waals surface area contributed by atoms with Crippen molar-refractivity contribution in [1.82, 2.24) is 25.5 Å². The van der Waals surface area contributed by atoms with Gasteiger partial charge in [0.15, 0.2) is 0 Å². The topological polar surface area (TPSA) is 91.2 Å². The van der Waals surface area contributed by atoms with Crippen molar-refractivity contribution in [1.29, 1.82) is 0 Å². The number of halogens is 1. The fourth-order valence-electron chi connectivity index (χ4n) is 3.46. The van der Waals surface area contributed by atoms with Gasteiger partial charge in [0.1, 0.15) is 17.8 Å². The van der Waals surface area contributed by atoms with Gasteiger partial charge in [-0.25, -0.2) is 4.68 Å². The second-order valence-electron chi connectivity index (χ2n) is 7.22. The third kappa shape index (κ3) is 5.30. The summed E-state index contributed by atoms with van der Waals surface area (Å²) in [5.74, 6) is 1.11. The average molecular weight is 464 g/mol. The molecule has 0 fully saturated rings. The smallest absolute Gasteiger partial charge is 0.251 e. The predicted octanol–water partition coefficient (Wildman–Crippen LogP) is 3.97. The van der Waals surface area contributed by atoms with E-state index in [4.69, 9.17) is 21.1 Å². The van der Waals surface area contributed by atoms with E-state index in [0.29, 0.717) is 40.7 Å². The summed E-state index contributed by atoms with van der Waals surface area (Å²) in [6.45, 7) is 0.464. The largest absolute Gasteiger partial charge is 0.497 e. The zero-order valence-corrected chi connectivity index (χ0v) is 18.9. The van der Waals surface area contributed by atoms with E-state index in [2.05, 4.69) is 20.8 Å². The molecule has 0 unspecified atom stereocenters. The molecule has 4 aromatic rings. The molecule has 0 aliphatic rings. The van der Waals surface area contributed by atoms with Crippen LogP contribution in [0, 0.1) is 0 Å². The van der Waals surface area contributed by atoms with Crippen molar-refractivity contribution in [3.05, 3.63) is 83.1 Å². The minimum Gasteiger partial charge on any atom is -0.497 e. The van der Waals surface area contributed by atoms with Crippen molar-refractivity contribution in [2.45, 2.75) is 6.42 Å². The second-order valence-corrected chi connectivity index (χ2v) is 7.66. The zero-order chi connectivity index (χ0) is 23.2. The first kappa shape index (κ1) is 22.3. The summed E-state index contributed by atoms with van der Waals surface area (Å²) in [6, 6.07) is 18.5. The highest BCUT2D eigenvalue weighted by Crippen LogP contribution is 2.35. The monoisotopic (exact) mass is 463 g/mol. The lowest BCUT2D eigenvalue weighted by Gasteiger charge is -2.14. The molecule has 0 bridgehead atoms. The second kappa shape index (κ2) is 10.1. The summed E-state index contributed by atoms with van der Waals surface area (Å²) in [6.07, 6.45) is 2.14. The molecular formula is C24H22ClN5O3. The summed E-state index contributed by atoms with van der Waals surface area (Å²) < 4.78 is 12.4. The Kier molecular flexibility index (Phi) is 6.85. The molecule has 0 aliphatic heterocycles. The Morgan fingerprint density at radius 1 is 1.06 bits per heavy atom. The number of tetrazole rings is 1. The van der Waals surface area contributed by atoms with Crippen molar-refractivity contribution < 1.29 is 14.3 Å². The van der Waals surface area contributed by atoms with Crippen LogP contribution in [0.1, 0.15) is 15.9 Å². The van der Waals surface area contributed by atoms with E-state index >= 15 is 0 Å². The van der Waals surface area contributed by atoms with Gasteiger partial charge in [-0.05, 0) is 76.5 Å². The maximum absolute atomic E-state index is 13.0. The molecule has 0 atom stereocenters. The Morgan fingerprint density at radius 3 is 2.67 bits per heavy atom. The summed E-state index contributed by atoms with van der Waals surface area (Å²) in [7, 11) is 3.20. The van der Waals surface area contributed by atoms with Crippen LogP contribution in [0.5, 0.6) is 11.5 Å². The fraction of sp³-hybridized carbons (Fsp3) is 0.167. The molecule has 0 aliphatic carbocycles. The molecule has 1 amide bonds. The number of nitrogens with one attached hydrogen (secondary N) is 1. The highest BCUT2D eigenvalue weighted by atomic mass is 35.5. The van der Waals surface area contributed by atoms with Gasteiger partial charge in [-0.3, -0.25) is 4.79 Å². The molecule has 33 heavy (non-hydrogen) atoms. The molecule has 168 valence electrons. The molecule has 1 aromatic heterocycles. The summed E-state index contributed by atoms with van der Waals surface area (Å²) >= 11 is 6.05. The number of hydrogen-bond donors (Lipinski definition) is 1. The minimum atomic E-state index is -0.213. The zero-order valence-electron chi connectivity index (χ0n) is 18.2. The van der Waals surface area contributed by atoms with Gasteiger partial charge in [0.2, 0.25) is 0 Å². The third-order valence-electron chi connectivity index (χ3n) is 5.10. The number of rotatable bonds is 8. The lowest BCUT2D eigenvalue weighted by Crippen LogP contribution is -2.26. The SMILES string of the molecule is COc1ccc(OC)c(-c2cc(C(=O)NCCc3cccc(Cl)c3)cc(-n3cnnn3)c2)c1. The summed E-state index contributed by atoms with van der Waals surface area (Å²) in [5, 5.41) is 15.0. The van der Waals surface area contributed by atoms with Crippen LogP contribution in [0.4, 0.5) is 0 Å². The van der Waals surface area contributed by atoms with Crippen molar-refractivity contribution >= 4 is 17.5 Å². The molecule has 0 spiro atoms. The Hall–Kier alpha value is -3.91. The van der Waals surface area contributed by atoms with Gasteiger partial charge in [0.05, 0.1) is 19.9 Å². The van der Waals surface area contributed by atoms with Crippen LogP contribution in [0.2, 0.25) is 5.02 Å². The van der Waals surface area contributed by atoms with Crippen LogP contribution in [-0.2, 0) is 6.42 Å². The summed E-state index contributed by atoms with van der Waals surface area (Å²) in [4.78, 5) is 13.0. The van der Waals surface area contributed by atoms with E-state index in [0.717, 1.165) is 16.7 Å². The molecule has 3 aromatic carbocycles. The maximum Gasteiger partial charge on any atom is 0.251 e. The van der Waals surface area contributed by atoms with E-state index in [1.165, 1.54) is 11.0 Å². The van der Waals surface area contributed by atoms with Crippen molar-refractivity contribution in [3.63, 3.8) is 0 Å². The van der Waals surface area contributed by atoms with Crippen LogP contribution in [0.25, 0.3) is 16.8 Å². The Labute approximate surface area is 196 Å². The normalized spacial score (nSPS) is 10.6. The number of amides is 1. The first-order valence-corrected chi connectivity index (χ1v) is 10.6. The van der Waals surface area contributed by atoms with E-state index in [1.807, 2.05) is 48.5 Å². The molecule has 1 heterocycles. The van der Waals surface area contributed by atoms with E-state index in [1.54, 1.807) is 26.4 Å². The number of carbonyl (C=O) groups is 1. The van der Waals surface area contributed by atoms with E-state index in [-0.39, 0.29) is 5.91 Å². The number of nitrogens with zero attached hydrogens (tertiary/aromatic N) is 4. The molecule has 0 saturated carbocycles. The van der Waals surface area contributed by atoms with Gasteiger partial charge >= 0.3 is 0 Å². The molecular weight excluding hydrogens is 442 g/mol. The van der Waals surface area contributed by atoms with Crippen molar-refractivity contribution in [3.8, 4) is 28.3 Å². The molecule has 8 nitrogen and oxygen atoms in total. The number of methoxy groups -OCH3 is 2. The summed E-state index contributed by atoms with van der Waals surface area (Å²) in [5.41, 5.74) is 3.70. The number of hydrogen-bond acceptors (Lipinski definition) is 6.